The van der Waals surface area contributed by atoms with Crippen molar-refractivity contribution in [3.05, 3.63) is 70.8 Å². The number of benzene rings is 2. The molecule has 26 heavy (non-hydrogen) atoms. The van der Waals surface area contributed by atoms with Gasteiger partial charge in [0.2, 0.25) is 0 Å². The van der Waals surface area contributed by atoms with Gasteiger partial charge in [-0.05, 0) is 48.1 Å². The minimum absolute atomic E-state index is 0.0333. The normalized spacial score (nSPS) is 11.2. The van der Waals surface area contributed by atoms with E-state index in [0.29, 0.717) is 10.6 Å². The Morgan fingerprint density at radius 1 is 1.00 bits per heavy atom. The molecule has 0 saturated heterocycles. The number of halogens is 1. The number of allylic oxidation sites excluding steroid dienone is 1. The summed E-state index contributed by atoms with van der Waals surface area (Å²) in [5.74, 6) is 1.14. The molecule has 0 bridgehead atoms. The summed E-state index contributed by atoms with van der Waals surface area (Å²) in [6.45, 7) is 2.25. The first-order valence-corrected chi connectivity index (χ1v) is 10.8. The predicted octanol–water partition coefficient (Wildman–Crippen LogP) is 7.69. The van der Waals surface area contributed by atoms with Gasteiger partial charge in [0.25, 0.3) is 0 Å². The van der Waals surface area contributed by atoms with Crippen molar-refractivity contribution < 1.29 is 4.79 Å². The lowest BCUT2D eigenvalue weighted by molar-refractivity contribution is 0.104. The smallest absolute Gasteiger partial charge is 0.185 e. The minimum Gasteiger partial charge on any atom is -0.289 e. The molecule has 0 saturated carbocycles. The monoisotopic (exact) mass is 386 g/mol. The molecule has 0 fully saturated rings. The summed E-state index contributed by atoms with van der Waals surface area (Å²) in [7, 11) is 0. The quantitative estimate of drug-likeness (QED) is 0.170. The van der Waals surface area contributed by atoms with Crippen LogP contribution in [0.5, 0.6) is 0 Å². The van der Waals surface area contributed by atoms with E-state index < -0.39 is 0 Å². The highest BCUT2D eigenvalue weighted by molar-refractivity contribution is 7.99. The van der Waals surface area contributed by atoms with Crippen LogP contribution in [0.4, 0.5) is 0 Å². The van der Waals surface area contributed by atoms with Crippen LogP contribution in [-0.4, -0.2) is 11.5 Å². The molecule has 0 N–H and O–H groups in total. The third-order valence-corrected chi connectivity index (χ3v) is 5.52. The van der Waals surface area contributed by atoms with Gasteiger partial charge in [-0.1, -0.05) is 81.0 Å². The molecule has 0 aliphatic heterocycles. The van der Waals surface area contributed by atoms with Crippen molar-refractivity contribution in [2.45, 2.75) is 50.3 Å². The molecule has 0 radical (unpaired) electrons. The van der Waals surface area contributed by atoms with Crippen molar-refractivity contribution in [2.75, 3.05) is 5.75 Å². The second-order valence-corrected chi connectivity index (χ2v) is 8.00. The van der Waals surface area contributed by atoms with Gasteiger partial charge in [0.05, 0.1) is 0 Å². The van der Waals surface area contributed by atoms with Crippen LogP contribution in [0.1, 0.15) is 61.4 Å². The van der Waals surface area contributed by atoms with Crippen molar-refractivity contribution in [3.8, 4) is 0 Å². The molecule has 3 heteroatoms. The summed E-state index contributed by atoms with van der Waals surface area (Å²) in [4.78, 5) is 13.4. The average Bonchev–Trinajstić information content (AvgIpc) is 2.66. The Labute approximate surface area is 166 Å². The number of hydrogen-bond donors (Lipinski definition) is 0. The van der Waals surface area contributed by atoms with Gasteiger partial charge in [-0.15, -0.1) is 11.8 Å². The molecule has 2 aromatic rings. The van der Waals surface area contributed by atoms with Crippen LogP contribution >= 0.6 is 23.4 Å². The Morgan fingerprint density at radius 2 is 1.73 bits per heavy atom. The fourth-order valence-corrected chi connectivity index (χ4v) is 3.76. The van der Waals surface area contributed by atoms with Crippen LogP contribution in [0.15, 0.2) is 59.5 Å². The molecule has 0 aliphatic carbocycles. The van der Waals surface area contributed by atoms with E-state index in [9.17, 15) is 4.79 Å². The van der Waals surface area contributed by atoms with Gasteiger partial charge < -0.3 is 0 Å². The molecule has 0 atom stereocenters. The number of carbonyl (C=O) groups excluding carboxylic acids is 1. The van der Waals surface area contributed by atoms with Gasteiger partial charge in [0.15, 0.2) is 5.78 Å². The zero-order chi connectivity index (χ0) is 18.6. The zero-order valence-corrected chi connectivity index (χ0v) is 17.0. The fraction of sp³-hybridized carbons (Fsp3) is 0.348. The maximum atomic E-state index is 12.2. The second kappa shape index (κ2) is 12.0. The van der Waals surface area contributed by atoms with Crippen molar-refractivity contribution in [1.29, 1.82) is 0 Å². The Balaban J connectivity index is 1.75. The Kier molecular flexibility index (Phi) is 9.58. The van der Waals surface area contributed by atoms with Gasteiger partial charge in [-0.3, -0.25) is 4.79 Å². The first kappa shape index (κ1) is 20.8. The van der Waals surface area contributed by atoms with Gasteiger partial charge in [0.1, 0.15) is 0 Å². The van der Waals surface area contributed by atoms with Crippen LogP contribution in [0.3, 0.4) is 0 Å². The highest BCUT2D eigenvalue weighted by Gasteiger charge is 2.02. The lowest BCUT2D eigenvalue weighted by Crippen LogP contribution is -1.93. The number of rotatable bonds is 11. The third kappa shape index (κ3) is 7.80. The largest absolute Gasteiger partial charge is 0.289 e. The number of ketones is 1. The fourth-order valence-electron chi connectivity index (χ4n) is 2.66. The molecular weight excluding hydrogens is 360 g/mol. The lowest BCUT2D eigenvalue weighted by Gasteiger charge is -2.03. The highest BCUT2D eigenvalue weighted by atomic mass is 35.5. The minimum atomic E-state index is -0.0333. The first-order chi connectivity index (χ1) is 12.7. The van der Waals surface area contributed by atoms with E-state index in [1.54, 1.807) is 30.3 Å². The van der Waals surface area contributed by atoms with Crippen molar-refractivity contribution in [3.63, 3.8) is 0 Å². The van der Waals surface area contributed by atoms with Gasteiger partial charge in [-0.25, -0.2) is 0 Å². The van der Waals surface area contributed by atoms with Gasteiger partial charge >= 0.3 is 0 Å². The molecular formula is C23H27ClOS. The van der Waals surface area contributed by atoms with Gasteiger partial charge in [0, 0.05) is 15.5 Å². The molecule has 1 nitrogen and oxygen atoms in total. The van der Waals surface area contributed by atoms with E-state index in [1.165, 1.54) is 49.2 Å². The summed E-state index contributed by atoms with van der Waals surface area (Å²) in [6.07, 6.45) is 11.5. The Morgan fingerprint density at radius 3 is 2.46 bits per heavy atom. The summed E-state index contributed by atoms with van der Waals surface area (Å²) < 4.78 is 0. The van der Waals surface area contributed by atoms with E-state index >= 15 is 0 Å². The Hall–Kier alpha value is -1.51. The molecule has 0 aromatic heterocycles. The number of thioether (sulfide) groups is 1. The van der Waals surface area contributed by atoms with E-state index in [0.717, 1.165) is 5.56 Å². The summed E-state index contributed by atoms with van der Waals surface area (Å²) in [5, 5.41) is 0.580. The summed E-state index contributed by atoms with van der Waals surface area (Å²) >= 11 is 7.84. The zero-order valence-electron chi connectivity index (χ0n) is 15.4. The van der Waals surface area contributed by atoms with Crippen LogP contribution in [0.2, 0.25) is 5.02 Å². The van der Waals surface area contributed by atoms with Crippen LogP contribution < -0.4 is 0 Å². The molecule has 138 valence electrons. The number of unbranched alkanes of at least 4 members (excludes halogenated alkanes) is 5. The summed E-state index contributed by atoms with van der Waals surface area (Å²) in [6, 6.07) is 15.4. The van der Waals surface area contributed by atoms with Crippen LogP contribution in [-0.2, 0) is 0 Å². The van der Waals surface area contributed by atoms with Crippen LogP contribution in [0, 0.1) is 0 Å². The van der Waals surface area contributed by atoms with Crippen molar-refractivity contribution in [2.24, 2.45) is 0 Å². The van der Waals surface area contributed by atoms with Crippen LogP contribution in [0.25, 0.3) is 6.08 Å². The van der Waals surface area contributed by atoms with E-state index in [2.05, 4.69) is 31.2 Å². The van der Waals surface area contributed by atoms with Crippen molar-refractivity contribution >= 4 is 35.2 Å². The van der Waals surface area contributed by atoms with Crippen molar-refractivity contribution in [1.82, 2.24) is 0 Å². The molecule has 0 heterocycles. The second-order valence-electron chi connectivity index (χ2n) is 6.39. The van der Waals surface area contributed by atoms with E-state index in [-0.39, 0.29) is 5.78 Å². The number of hydrogen-bond acceptors (Lipinski definition) is 2. The molecule has 2 aromatic carbocycles. The molecule has 0 unspecified atom stereocenters. The molecule has 2 rings (SSSR count). The first-order valence-electron chi connectivity index (χ1n) is 9.40. The lowest BCUT2D eigenvalue weighted by atomic mass is 10.1. The average molecular weight is 387 g/mol. The molecule has 0 spiro atoms. The molecule has 0 amide bonds. The number of carbonyl (C=O) groups is 1. The maximum absolute atomic E-state index is 12.2. The third-order valence-electron chi connectivity index (χ3n) is 4.18. The molecule has 0 aliphatic rings. The highest BCUT2D eigenvalue weighted by Crippen LogP contribution is 2.21. The Bertz CT molecular complexity index is 706. The standard InChI is InChI=1S/C23H27ClOS/c1-2-3-4-5-6-7-17-26-22-14-11-19(12-15-22)13-16-23(25)20-9-8-10-21(24)18-20/h8-16,18H,2-7,17H2,1H3/b16-13+. The summed E-state index contributed by atoms with van der Waals surface area (Å²) in [5.41, 5.74) is 1.64. The van der Waals surface area contributed by atoms with Gasteiger partial charge in [-0.2, -0.15) is 0 Å². The van der Waals surface area contributed by atoms with E-state index in [1.807, 2.05) is 17.8 Å². The van der Waals surface area contributed by atoms with E-state index in [4.69, 9.17) is 11.6 Å². The predicted molar refractivity (Wildman–Crippen MR) is 115 cm³/mol. The topological polar surface area (TPSA) is 17.1 Å². The maximum Gasteiger partial charge on any atom is 0.185 e. The SMILES string of the molecule is CCCCCCCCSc1ccc(/C=C/C(=O)c2cccc(Cl)c2)cc1.